The normalized spacial score (nSPS) is 15.5. The molecule has 0 radical (unpaired) electrons. The molecule has 0 aromatic rings. The van der Waals surface area contributed by atoms with E-state index in [4.69, 9.17) is 0 Å². The van der Waals surface area contributed by atoms with Crippen LogP contribution in [0.25, 0.3) is 0 Å². The molecule has 0 rings (SSSR count). The third-order valence-corrected chi connectivity index (χ3v) is 5.36. The standard InChI is InChI=1S/C12H27NO2S/c1-7-11(5,8-2)13(16(14)15)12(6,9-3)10-4/h7-10H2,1-6H3,(H,14,15)/p-1. The van der Waals surface area contributed by atoms with E-state index < -0.39 is 11.3 Å². The van der Waals surface area contributed by atoms with E-state index in [9.17, 15) is 8.76 Å². The Balaban J connectivity index is 5.38. The van der Waals surface area contributed by atoms with Gasteiger partial charge in [0.15, 0.2) is 0 Å². The molecule has 0 heterocycles. The fourth-order valence-corrected chi connectivity index (χ4v) is 3.32. The molecular weight excluding hydrogens is 222 g/mol. The number of rotatable bonds is 7. The first-order valence-corrected chi connectivity index (χ1v) is 7.24. The smallest absolute Gasteiger partial charge is 0.0298 e. The highest BCUT2D eigenvalue weighted by Gasteiger charge is 2.40. The molecular formula is C12H26NO2S-. The van der Waals surface area contributed by atoms with Crippen LogP contribution >= 0.6 is 0 Å². The van der Waals surface area contributed by atoms with E-state index in [1.54, 1.807) is 4.31 Å². The monoisotopic (exact) mass is 248 g/mol. The Morgan fingerprint density at radius 2 is 1.19 bits per heavy atom. The van der Waals surface area contributed by atoms with Gasteiger partial charge in [-0.1, -0.05) is 27.7 Å². The van der Waals surface area contributed by atoms with Crippen LogP contribution in [0.5, 0.6) is 0 Å². The maximum Gasteiger partial charge on any atom is 0.0298 e. The molecule has 0 aliphatic rings. The Hall–Kier alpha value is 0.0700. The molecule has 3 nitrogen and oxygen atoms in total. The summed E-state index contributed by atoms with van der Waals surface area (Å²) in [4.78, 5) is 0. The van der Waals surface area contributed by atoms with Crippen molar-refractivity contribution in [3.05, 3.63) is 0 Å². The van der Waals surface area contributed by atoms with E-state index in [2.05, 4.69) is 27.7 Å². The molecule has 16 heavy (non-hydrogen) atoms. The lowest BCUT2D eigenvalue weighted by atomic mass is 9.87. The Bertz CT molecular complexity index is 217. The highest BCUT2D eigenvalue weighted by molar-refractivity contribution is 7.76. The van der Waals surface area contributed by atoms with Gasteiger partial charge in [0.25, 0.3) is 0 Å². The van der Waals surface area contributed by atoms with Gasteiger partial charge in [0.2, 0.25) is 0 Å². The second-order valence-electron chi connectivity index (χ2n) is 4.92. The van der Waals surface area contributed by atoms with Gasteiger partial charge in [0.05, 0.1) is 0 Å². The highest BCUT2D eigenvalue weighted by Crippen LogP contribution is 2.35. The molecule has 0 aromatic heterocycles. The Morgan fingerprint density at radius 1 is 0.938 bits per heavy atom. The zero-order valence-corrected chi connectivity index (χ0v) is 12.3. The molecule has 0 aromatic carbocycles. The summed E-state index contributed by atoms with van der Waals surface area (Å²) in [7, 11) is 0. The third kappa shape index (κ3) is 3.05. The first-order valence-electron chi connectivity index (χ1n) is 6.21. The lowest BCUT2D eigenvalue weighted by Gasteiger charge is -2.51. The van der Waals surface area contributed by atoms with Crippen molar-refractivity contribution in [3.63, 3.8) is 0 Å². The Kier molecular flexibility index (Phi) is 6.15. The summed E-state index contributed by atoms with van der Waals surface area (Å²) in [5.41, 5.74) is -0.541. The van der Waals surface area contributed by atoms with Crippen molar-refractivity contribution in [1.82, 2.24) is 4.31 Å². The van der Waals surface area contributed by atoms with Crippen LogP contribution in [0, 0.1) is 0 Å². The van der Waals surface area contributed by atoms with Crippen molar-refractivity contribution in [2.45, 2.75) is 78.3 Å². The minimum atomic E-state index is -2.16. The molecule has 0 aliphatic carbocycles. The topological polar surface area (TPSA) is 43.4 Å². The zero-order chi connectivity index (χ0) is 13.0. The summed E-state index contributed by atoms with van der Waals surface area (Å²) < 4.78 is 24.8. The average molecular weight is 248 g/mol. The summed E-state index contributed by atoms with van der Waals surface area (Å²) in [6.07, 6.45) is 3.36. The average Bonchev–Trinajstić information content (AvgIpc) is 2.28. The van der Waals surface area contributed by atoms with Gasteiger partial charge in [-0.05, 0) is 39.5 Å². The van der Waals surface area contributed by atoms with Gasteiger partial charge in [0, 0.05) is 22.3 Å². The fraction of sp³-hybridized carbons (Fsp3) is 1.00. The van der Waals surface area contributed by atoms with E-state index in [1.807, 2.05) is 13.8 Å². The molecule has 0 saturated carbocycles. The predicted molar refractivity (Wildman–Crippen MR) is 68.7 cm³/mol. The Labute approximate surface area is 103 Å². The molecule has 4 heteroatoms. The largest absolute Gasteiger partial charge is 0.760 e. The van der Waals surface area contributed by atoms with E-state index >= 15 is 0 Å². The summed E-state index contributed by atoms with van der Waals surface area (Å²) in [5, 5.41) is 0. The second-order valence-corrected chi connectivity index (χ2v) is 5.72. The van der Waals surface area contributed by atoms with Crippen molar-refractivity contribution >= 4 is 11.3 Å². The molecule has 0 aliphatic heterocycles. The van der Waals surface area contributed by atoms with Gasteiger partial charge < -0.3 is 4.55 Å². The minimum Gasteiger partial charge on any atom is -0.760 e. The van der Waals surface area contributed by atoms with Gasteiger partial charge in [-0.3, -0.25) is 4.21 Å². The third-order valence-electron chi connectivity index (χ3n) is 4.18. The molecule has 0 fully saturated rings. The van der Waals surface area contributed by atoms with E-state index in [0.29, 0.717) is 0 Å². The van der Waals surface area contributed by atoms with E-state index in [1.165, 1.54) is 0 Å². The van der Waals surface area contributed by atoms with Crippen LogP contribution in [0.4, 0.5) is 0 Å². The van der Waals surface area contributed by atoms with Crippen LogP contribution in [0.2, 0.25) is 0 Å². The molecule has 0 amide bonds. The molecule has 1 unspecified atom stereocenters. The number of nitrogens with zero attached hydrogens (tertiary/aromatic N) is 1. The van der Waals surface area contributed by atoms with Crippen LogP contribution in [-0.4, -0.2) is 24.1 Å². The fourth-order valence-electron chi connectivity index (χ4n) is 2.09. The van der Waals surface area contributed by atoms with Gasteiger partial charge in [0.1, 0.15) is 0 Å². The summed E-state index contributed by atoms with van der Waals surface area (Å²) in [6.45, 7) is 12.3. The van der Waals surface area contributed by atoms with Gasteiger partial charge in [-0.25, -0.2) is 4.31 Å². The van der Waals surface area contributed by atoms with Crippen LogP contribution < -0.4 is 0 Å². The van der Waals surface area contributed by atoms with Crippen LogP contribution in [0.15, 0.2) is 0 Å². The van der Waals surface area contributed by atoms with Gasteiger partial charge in [-0.15, -0.1) is 0 Å². The molecule has 0 spiro atoms. The van der Waals surface area contributed by atoms with Crippen molar-refractivity contribution in [2.24, 2.45) is 0 Å². The summed E-state index contributed by atoms with van der Waals surface area (Å²) >= 11 is -2.16. The molecule has 0 saturated heterocycles. The maximum absolute atomic E-state index is 11.6. The van der Waals surface area contributed by atoms with Crippen LogP contribution in [-0.2, 0) is 11.3 Å². The zero-order valence-electron chi connectivity index (χ0n) is 11.5. The highest BCUT2D eigenvalue weighted by atomic mass is 32.2. The Morgan fingerprint density at radius 3 is 1.31 bits per heavy atom. The first-order chi connectivity index (χ1) is 7.31. The van der Waals surface area contributed by atoms with E-state index in [-0.39, 0.29) is 11.1 Å². The van der Waals surface area contributed by atoms with Crippen LogP contribution in [0.3, 0.4) is 0 Å². The summed E-state index contributed by atoms with van der Waals surface area (Å²) in [6, 6.07) is 0. The number of hydrogen-bond acceptors (Lipinski definition) is 2. The van der Waals surface area contributed by atoms with Crippen molar-refractivity contribution < 1.29 is 8.76 Å². The molecule has 0 N–H and O–H groups in total. The minimum absolute atomic E-state index is 0.270. The molecule has 98 valence electrons. The molecule has 1 atom stereocenters. The second kappa shape index (κ2) is 6.12. The van der Waals surface area contributed by atoms with Gasteiger partial charge in [-0.2, -0.15) is 0 Å². The van der Waals surface area contributed by atoms with Crippen molar-refractivity contribution in [2.75, 3.05) is 0 Å². The van der Waals surface area contributed by atoms with Crippen molar-refractivity contribution in [3.8, 4) is 0 Å². The maximum atomic E-state index is 11.6. The number of hydrogen-bond donors (Lipinski definition) is 0. The quantitative estimate of drug-likeness (QED) is 0.649. The SMILES string of the molecule is CCC(C)(CC)N(S(=O)[O-])C(C)(CC)CC. The van der Waals surface area contributed by atoms with Crippen LogP contribution in [0.1, 0.15) is 67.2 Å². The lowest BCUT2D eigenvalue weighted by molar-refractivity contribution is 0.0687. The van der Waals surface area contributed by atoms with Gasteiger partial charge >= 0.3 is 0 Å². The lowest BCUT2D eigenvalue weighted by Crippen LogP contribution is -2.58. The summed E-state index contributed by atoms with van der Waals surface area (Å²) in [5.74, 6) is 0. The van der Waals surface area contributed by atoms with E-state index in [0.717, 1.165) is 25.7 Å². The predicted octanol–water partition coefficient (Wildman–Crippen LogP) is 3.24. The molecule has 0 bridgehead atoms. The van der Waals surface area contributed by atoms with Crippen molar-refractivity contribution in [1.29, 1.82) is 0 Å². The first kappa shape index (κ1) is 16.1.